The summed E-state index contributed by atoms with van der Waals surface area (Å²) in [6, 6.07) is 13.3. The smallest absolute Gasteiger partial charge is 0.372 e. The number of piperazine rings is 1. The number of quaternary nitrogens is 1. The van der Waals surface area contributed by atoms with E-state index in [0.29, 0.717) is 10.8 Å². The van der Waals surface area contributed by atoms with Crippen LogP contribution >= 0.6 is 22.7 Å². The summed E-state index contributed by atoms with van der Waals surface area (Å²) < 4.78 is 7.58. The van der Waals surface area contributed by atoms with Crippen molar-refractivity contribution in [1.82, 2.24) is 9.97 Å². The van der Waals surface area contributed by atoms with E-state index in [9.17, 15) is 4.79 Å². The number of ether oxygens (including phenoxy) is 1. The molecule has 28 heavy (non-hydrogen) atoms. The number of aromatic nitrogens is 2. The third-order valence-corrected chi connectivity index (χ3v) is 7.01. The minimum absolute atomic E-state index is 0.367. The van der Waals surface area contributed by atoms with Crippen LogP contribution in [-0.4, -0.2) is 49.2 Å². The molecule has 0 atom stereocenters. The lowest BCUT2D eigenvalue weighted by molar-refractivity contribution is -0.880. The molecule has 3 heterocycles. The van der Waals surface area contributed by atoms with Gasteiger partial charge in [-0.05, 0) is 24.3 Å². The molecule has 0 aliphatic carbocycles. The first kappa shape index (κ1) is 17.5. The van der Waals surface area contributed by atoms with Crippen LogP contribution in [0.15, 0.2) is 42.5 Å². The fourth-order valence-corrected chi connectivity index (χ4v) is 5.17. The number of nitrogens with one attached hydrogen (secondary N) is 1. The van der Waals surface area contributed by atoms with Crippen LogP contribution in [-0.2, 0) is 0 Å². The number of carbonyl (C=O) groups excluding carboxylic acids is 1. The molecule has 6 nitrogen and oxygen atoms in total. The second-order valence-corrected chi connectivity index (χ2v) is 8.99. The van der Waals surface area contributed by atoms with E-state index in [2.05, 4.69) is 16.9 Å². The lowest BCUT2D eigenvalue weighted by Crippen LogP contribution is -3.12. The Morgan fingerprint density at radius 2 is 1.82 bits per heavy atom. The number of anilines is 1. The maximum absolute atomic E-state index is 12.5. The van der Waals surface area contributed by atoms with Gasteiger partial charge >= 0.3 is 5.97 Å². The number of fused-ring (bicyclic) bond motifs is 2. The molecule has 0 saturated carbocycles. The number of rotatable bonds is 3. The zero-order valence-corrected chi connectivity index (χ0v) is 17.0. The van der Waals surface area contributed by atoms with Crippen molar-refractivity contribution < 1.29 is 14.4 Å². The minimum Gasteiger partial charge on any atom is -0.421 e. The highest BCUT2D eigenvalue weighted by Crippen LogP contribution is 2.32. The third-order valence-electron chi connectivity index (χ3n) is 4.92. The molecule has 2 aromatic heterocycles. The van der Waals surface area contributed by atoms with E-state index in [-0.39, 0.29) is 0 Å². The number of para-hydroxylation sites is 1. The highest BCUT2D eigenvalue weighted by atomic mass is 32.1. The highest BCUT2D eigenvalue weighted by Gasteiger charge is 2.20. The summed E-state index contributed by atoms with van der Waals surface area (Å²) in [7, 11) is 2.22. The van der Waals surface area contributed by atoms with Crippen LogP contribution in [0.25, 0.3) is 20.4 Å². The second kappa shape index (κ2) is 7.12. The number of thiazole rings is 2. The van der Waals surface area contributed by atoms with E-state index in [1.807, 2.05) is 36.4 Å². The fraction of sp³-hybridized carbons (Fsp3) is 0.250. The zero-order valence-electron chi connectivity index (χ0n) is 15.3. The van der Waals surface area contributed by atoms with E-state index in [4.69, 9.17) is 9.72 Å². The average Bonchev–Trinajstić information content (AvgIpc) is 3.32. The first-order chi connectivity index (χ1) is 13.7. The van der Waals surface area contributed by atoms with Crippen molar-refractivity contribution in [1.29, 1.82) is 0 Å². The molecule has 0 amide bonds. The van der Waals surface area contributed by atoms with Gasteiger partial charge in [0.15, 0.2) is 5.13 Å². The Morgan fingerprint density at radius 1 is 1.04 bits per heavy atom. The van der Waals surface area contributed by atoms with Gasteiger partial charge in [0.1, 0.15) is 5.75 Å². The van der Waals surface area contributed by atoms with Gasteiger partial charge in [0.25, 0.3) is 0 Å². The molecule has 2 aromatic carbocycles. The van der Waals surface area contributed by atoms with Crippen LogP contribution in [0.3, 0.4) is 0 Å². The first-order valence-corrected chi connectivity index (χ1v) is 10.8. The maximum Gasteiger partial charge on any atom is 0.372 e. The van der Waals surface area contributed by atoms with Gasteiger partial charge in [-0.2, -0.15) is 0 Å². The van der Waals surface area contributed by atoms with Crippen LogP contribution in [0.1, 0.15) is 9.80 Å². The predicted molar refractivity (Wildman–Crippen MR) is 113 cm³/mol. The van der Waals surface area contributed by atoms with Crippen molar-refractivity contribution in [2.24, 2.45) is 0 Å². The summed E-state index contributed by atoms with van der Waals surface area (Å²) in [5, 5.41) is 1.41. The highest BCUT2D eigenvalue weighted by molar-refractivity contribution is 7.22. The molecular formula is C20H19N4O2S2+. The molecule has 0 bridgehead atoms. The Bertz CT molecular complexity index is 1130. The topological polar surface area (TPSA) is 59.8 Å². The van der Waals surface area contributed by atoms with Crippen LogP contribution in [0.5, 0.6) is 5.75 Å². The number of hydrogen-bond acceptors (Lipinski definition) is 7. The normalized spacial score (nSPS) is 15.4. The van der Waals surface area contributed by atoms with Gasteiger partial charge in [-0.1, -0.05) is 23.5 Å². The molecule has 1 aliphatic heterocycles. The summed E-state index contributed by atoms with van der Waals surface area (Å²) >= 11 is 2.99. The Labute approximate surface area is 170 Å². The van der Waals surface area contributed by atoms with Crippen LogP contribution in [0.2, 0.25) is 0 Å². The van der Waals surface area contributed by atoms with Crippen molar-refractivity contribution in [3.05, 3.63) is 47.5 Å². The van der Waals surface area contributed by atoms with Gasteiger partial charge in [0.05, 0.1) is 53.7 Å². The molecule has 1 saturated heterocycles. The van der Waals surface area contributed by atoms with Crippen LogP contribution in [0, 0.1) is 0 Å². The van der Waals surface area contributed by atoms with Gasteiger partial charge in [-0.3, -0.25) is 0 Å². The van der Waals surface area contributed by atoms with Gasteiger partial charge in [-0.25, -0.2) is 14.8 Å². The summed E-state index contributed by atoms with van der Waals surface area (Å²) in [4.78, 5) is 25.5. The molecule has 1 aliphatic rings. The van der Waals surface area contributed by atoms with E-state index >= 15 is 0 Å². The van der Waals surface area contributed by atoms with Gasteiger partial charge in [0.2, 0.25) is 5.01 Å². The fourth-order valence-electron chi connectivity index (χ4n) is 3.28. The zero-order chi connectivity index (χ0) is 19.1. The lowest BCUT2D eigenvalue weighted by Gasteiger charge is -2.29. The Morgan fingerprint density at radius 3 is 2.64 bits per heavy atom. The van der Waals surface area contributed by atoms with Crippen molar-refractivity contribution in [2.75, 3.05) is 38.1 Å². The number of esters is 1. The summed E-state index contributed by atoms with van der Waals surface area (Å²) in [6.45, 7) is 4.29. The number of nitrogens with zero attached hydrogens (tertiary/aromatic N) is 3. The number of hydrogen-bond donors (Lipinski definition) is 1. The molecular weight excluding hydrogens is 392 g/mol. The van der Waals surface area contributed by atoms with Crippen LogP contribution in [0.4, 0.5) is 5.13 Å². The average molecular weight is 412 g/mol. The van der Waals surface area contributed by atoms with Crippen LogP contribution < -0.4 is 14.5 Å². The van der Waals surface area contributed by atoms with Crippen molar-refractivity contribution in [3.8, 4) is 5.75 Å². The number of carbonyl (C=O) groups is 1. The molecule has 1 fully saturated rings. The molecule has 142 valence electrons. The predicted octanol–water partition coefficient (Wildman–Crippen LogP) is 2.46. The Balaban J connectivity index is 1.36. The summed E-state index contributed by atoms with van der Waals surface area (Å²) in [6.07, 6.45) is 0. The quantitative estimate of drug-likeness (QED) is 0.415. The van der Waals surface area contributed by atoms with E-state index in [1.165, 1.54) is 11.3 Å². The van der Waals surface area contributed by atoms with Gasteiger partial charge < -0.3 is 14.5 Å². The Kier molecular flexibility index (Phi) is 4.46. The molecule has 5 rings (SSSR count). The van der Waals surface area contributed by atoms with E-state index in [0.717, 1.165) is 51.7 Å². The Hall–Kier alpha value is -2.55. The van der Waals surface area contributed by atoms with Gasteiger partial charge in [-0.15, -0.1) is 11.3 Å². The summed E-state index contributed by atoms with van der Waals surface area (Å²) in [5.74, 6) is 0.0992. The molecule has 0 unspecified atom stereocenters. The standard InChI is InChI=1S/C20H18N4O2S2/c1-23-8-10-24(11-9-23)20-22-15-7-6-13(12-17(15)28-20)26-19(25)18-21-14-4-2-3-5-16(14)27-18/h2-7,12H,8-11H2,1H3/p+1. The van der Waals surface area contributed by atoms with E-state index < -0.39 is 5.97 Å². The number of benzene rings is 2. The van der Waals surface area contributed by atoms with Gasteiger partial charge in [0, 0.05) is 6.07 Å². The first-order valence-electron chi connectivity index (χ1n) is 9.20. The molecule has 8 heteroatoms. The number of likely N-dealkylation sites (N-methyl/N-ethyl adjacent to an activating group) is 1. The maximum atomic E-state index is 12.5. The monoisotopic (exact) mass is 411 g/mol. The molecule has 0 radical (unpaired) electrons. The van der Waals surface area contributed by atoms with E-state index in [1.54, 1.807) is 22.3 Å². The molecule has 1 N–H and O–H groups in total. The van der Waals surface area contributed by atoms with Crippen molar-refractivity contribution in [3.63, 3.8) is 0 Å². The summed E-state index contributed by atoms with van der Waals surface area (Å²) in [5.41, 5.74) is 1.75. The SMILES string of the molecule is C[NH+]1CCN(c2nc3ccc(OC(=O)c4nc5ccccc5s4)cc3s2)CC1. The lowest BCUT2D eigenvalue weighted by atomic mass is 10.3. The largest absolute Gasteiger partial charge is 0.421 e. The third kappa shape index (κ3) is 3.34. The van der Waals surface area contributed by atoms with Crippen molar-refractivity contribution >= 4 is 54.2 Å². The molecule has 0 spiro atoms. The molecule has 4 aromatic rings. The van der Waals surface area contributed by atoms with Crippen molar-refractivity contribution in [2.45, 2.75) is 0 Å². The minimum atomic E-state index is -0.424. The second-order valence-electron chi connectivity index (χ2n) is 6.95.